The summed E-state index contributed by atoms with van der Waals surface area (Å²) in [5.41, 5.74) is 3.28. The van der Waals surface area contributed by atoms with E-state index in [1.54, 1.807) is 43.4 Å². The number of anilines is 2. The van der Waals surface area contributed by atoms with Gasteiger partial charge in [-0.3, -0.25) is 4.79 Å². The van der Waals surface area contributed by atoms with Crippen LogP contribution in [0.25, 0.3) is 22.2 Å². The molecule has 0 saturated heterocycles. The molecule has 2 aromatic carbocycles. The van der Waals surface area contributed by atoms with Crippen molar-refractivity contribution in [2.24, 2.45) is 0 Å². The Balaban J connectivity index is 1.57. The standard InChI is InChI=1S/C26H26ClN5O4/c1-28-24(34)15-7-9-19(21(12-15)35-2)30-26-31-23-22(25(32-26)36-16-5-3-4-6-16)17(13-29-23)14-8-10-20(33)18(27)11-14/h7-13,16,33H,3-6H2,1-2H3,(H,28,34)(H2,29,30,31,32). The van der Waals surface area contributed by atoms with Gasteiger partial charge in [-0.05, 0) is 61.6 Å². The molecule has 0 radical (unpaired) electrons. The highest BCUT2D eigenvalue weighted by Gasteiger charge is 2.23. The Morgan fingerprint density at radius 1 is 1.17 bits per heavy atom. The highest BCUT2D eigenvalue weighted by Crippen LogP contribution is 2.39. The van der Waals surface area contributed by atoms with Crippen LogP contribution in [-0.2, 0) is 0 Å². The lowest BCUT2D eigenvalue weighted by molar-refractivity contribution is 0.0962. The Kier molecular flexibility index (Phi) is 6.56. The first-order chi connectivity index (χ1) is 17.5. The molecule has 0 unspecified atom stereocenters. The molecule has 0 spiro atoms. The molecule has 1 aliphatic rings. The summed E-state index contributed by atoms with van der Waals surface area (Å²) in [6, 6.07) is 10.1. The maximum atomic E-state index is 12.0. The average molecular weight is 508 g/mol. The van der Waals surface area contributed by atoms with Gasteiger partial charge in [-0.2, -0.15) is 9.97 Å². The van der Waals surface area contributed by atoms with Gasteiger partial charge in [-0.1, -0.05) is 17.7 Å². The highest BCUT2D eigenvalue weighted by molar-refractivity contribution is 6.32. The van der Waals surface area contributed by atoms with E-state index in [-0.39, 0.29) is 22.8 Å². The van der Waals surface area contributed by atoms with Crippen LogP contribution >= 0.6 is 11.6 Å². The first-order valence-electron chi connectivity index (χ1n) is 11.7. The summed E-state index contributed by atoms with van der Waals surface area (Å²) in [6.45, 7) is 0. The van der Waals surface area contributed by atoms with Crippen LogP contribution in [0.3, 0.4) is 0 Å². The number of phenolic OH excluding ortho intramolecular Hbond substituents is 1. The van der Waals surface area contributed by atoms with E-state index < -0.39 is 0 Å². The zero-order valence-corrected chi connectivity index (χ0v) is 20.6. The van der Waals surface area contributed by atoms with Gasteiger partial charge in [0.15, 0.2) is 0 Å². The zero-order valence-electron chi connectivity index (χ0n) is 19.9. The van der Waals surface area contributed by atoms with Crippen LogP contribution in [0, 0.1) is 0 Å². The van der Waals surface area contributed by atoms with Crippen molar-refractivity contribution in [3.8, 4) is 28.5 Å². The molecule has 9 nitrogen and oxygen atoms in total. The summed E-state index contributed by atoms with van der Waals surface area (Å²) in [7, 11) is 3.11. The second-order valence-corrected chi connectivity index (χ2v) is 9.00. The summed E-state index contributed by atoms with van der Waals surface area (Å²) >= 11 is 6.17. The number of aromatic hydroxyl groups is 1. The molecule has 5 rings (SSSR count). The van der Waals surface area contributed by atoms with Gasteiger partial charge in [0.05, 0.1) is 23.2 Å². The van der Waals surface area contributed by atoms with Crippen molar-refractivity contribution >= 4 is 40.2 Å². The fourth-order valence-corrected chi connectivity index (χ4v) is 4.59. The summed E-state index contributed by atoms with van der Waals surface area (Å²) in [5, 5.41) is 16.6. The first-order valence-corrected chi connectivity index (χ1v) is 12.1. The molecule has 2 aromatic heterocycles. The van der Waals surface area contributed by atoms with E-state index >= 15 is 0 Å². The van der Waals surface area contributed by atoms with Crippen LogP contribution in [0.2, 0.25) is 5.02 Å². The Hall–Kier alpha value is -3.98. The monoisotopic (exact) mass is 507 g/mol. The minimum absolute atomic E-state index is 0.0156. The number of amides is 1. The highest BCUT2D eigenvalue weighted by atomic mass is 35.5. The molecule has 1 saturated carbocycles. The second kappa shape index (κ2) is 9.94. The quantitative estimate of drug-likeness (QED) is 0.263. The number of H-pyrrole nitrogens is 1. The zero-order chi connectivity index (χ0) is 25.2. The maximum Gasteiger partial charge on any atom is 0.251 e. The van der Waals surface area contributed by atoms with E-state index in [9.17, 15) is 9.90 Å². The predicted molar refractivity (Wildman–Crippen MR) is 139 cm³/mol. The number of methoxy groups -OCH3 is 1. The molecule has 0 atom stereocenters. The van der Waals surface area contributed by atoms with E-state index in [1.165, 1.54) is 7.11 Å². The smallest absolute Gasteiger partial charge is 0.251 e. The summed E-state index contributed by atoms with van der Waals surface area (Å²) in [6.07, 6.45) is 6.07. The van der Waals surface area contributed by atoms with Crippen molar-refractivity contribution in [2.45, 2.75) is 31.8 Å². The number of fused-ring (bicyclic) bond motifs is 1. The summed E-state index contributed by atoms with van der Waals surface area (Å²) in [5.74, 6) is 1.05. The Morgan fingerprint density at radius 2 is 1.97 bits per heavy atom. The third-order valence-electron chi connectivity index (χ3n) is 6.27. The molecule has 36 heavy (non-hydrogen) atoms. The molecule has 186 valence electrons. The number of hydrogen-bond donors (Lipinski definition) is 4. The fraction of sp³-hybridized carbons (Fsp3) is 0.269. The van der Waals surface area contributed by atoms with Crippen LogP contribution in [-0.4, -0.2) is 46.2 Å². The number of benzene rings is 2. The number of carbonyl (C=O) groups excluding carboxylic acids is 1. The lowest BCUT2D eigenvalue weighted by Gasteiger charge is -2.16. The van der Waals surface area contributed by atoms with Crippen LogP contribution in [0.5, 0.6) is 17.4 Å². The SMILES string of the molecule is CNC(=O)c1ccc(Nc2nc(OC3CCCC3)c3c(-c4ccc(O)c(Cl)c4)c[nH]c3n2)c(OC)c1. The van der Waals surface area contributed by atoms with Gasteiger partial charge >= 0.3 is 0 Å². The van der Waals surface area contributed by atoms with Gasteiger partial charge in [-0.25, -0.2) is 0 Å². The van der Waals surface area contributed by atoms with Crippen molar-refractivity contribution in [3.63, 3.8) is 0 Å². The number of halogens is 1. The van der Waals surface area contributed by atoms with E-state index in [4.69, 9.17) is 26.1 Å². The molecule has 1 amide bonds. The van der Waals surface area contributed by atoms with Crippen LogP contribution in [0.1, 0.15) is 36.0 Å². The molecule has 0 bridgehead atoms. The second-order valence-electron chi connectivity index (χ2n) is 8.59. The first kappa shape index (κ1) is 23.7. The fourth-order valence-electron chi connectivity index (χ4n) is 4.41. The Bertz CT molecular complexity index is 1430. The normalized spacial score (nSPS) is 13.6. The Labute approximate surface area is 212 Å². The maximum absolute atomic E-state index is 12.0. The van der Waals surface area contributed by atoms with E-state index in [1.807, 2.05) is 6.20 Å². The van der Waals surface area contributed by atoms with Crippen LogP contribution in [0.15, 0.2) is 42.6 Å². The van der Waals surface area contributed by atoms with Crippen molar-refractivity contribution in [2.75, 3.05) is 19.5 Å². The van der Waals surface area contributed by atoms with Crippen molar-refractivity contribution in [3.05, 3.63) is 53.2 Å². The van der Waals surface area contributed by atoms with E-state index in [0.717, 1.165) is 42.2 Å². The number of carbonyl (C=O) groups is 1. The molecular weight excluding hydrogens is 482 g/mol. The number of phenols is 1. The van der Waals surface area contributed by atoms with E-state index in [2.05, 4.69) is 20.6 Å². The number of aromatic amines is 1. The lowest BCUT2D eigenvalue weighted by atomic mass is 10.1. The molecule has 1 aliphatic carbocycles. The average Bonchev–Trinajstić information content (AvgIpc) is 3.55. The van der Waals surface area contributed by atoms with E-state index in [0.29, 0.717) is 34.5 Å². The number of ether oxygens (including phenoxy) is 2. The molecule has 0 aliphatic heterocycles. The van der Waals surface area contributed by atoms with Gasteiger partial charge < -0.3 is 30.2 Å². The molecule has 2 heterocycles. The lowest BCUT2D eigenvalue weighted by Crippen LogP contribution is -2.17. The van der Waals surface area contributed by atoms with Crippen molar-refractivity contribution in [1.29, 1.82) is 0 Å². The largest absolute Gasteiger partial charge is 0.506 e. The minimum Gasteiger partial charge on any atom is -0.506 e. The number of nitrogens with one attached hydrogen (secondary N) is 3. The van der Waals surface area contributed by atoms with Gasteiger partial charge in [-0.15, -0.1) is 0 Å². The number of hydrogen-bond acceptors (Lipinski definition) is 7. The topological polar surface area (TPSA) is 121 Å². The van der Waals surface area contributed by atoms with Gasteiger partial charge in [0.1, 0.15) is 23.3 Å². The number of rotatable bonds is 7. The molecule has 10 heteroatoms. The summed E-state index contributed by atoms with van der Waals surface area (Å²) < 4.78 is 11.9. The number of aromatic nitrogens is 3. The number of nitrogens with zero attached hydrogens (tertiary/aromatic N) is 2. The van der Waals surface area contributed by atoms with Crippen molar-refractivity contribution in [1.82, 2.24) is 20.3 Å². The van der Waals surface area contributed by atoms with Crippen LogP contribution < -0.4 is 20.1 Å². The molecule has 4 N–H and O–H groups in total. The Morgan fingerprint density at radius 3 is 2.69 bits per heavy atom. The minimum atomic E-state index is -0.210. The molecular formula is C26H26ClN5O4. The third-order valence-corrected chi connectivity index (χ3v) is 6.58. The van der Waals surface area contributed by atoms with Crippen molar-refractivity contribution < 1.29 is 19.4 Å². The van der Waals surface area contributed by atoms with Gasteiger partial charge in [0.2, 0.25) is 11.8 Å². The molecule has 1 fully saturated rings. The van der Waals surface area contributed by atoms with Gasteiger partial charge in [0.25, 0.3) is 5.91 Å². The molecule has 4 aromatic rings. The summed E-state index contributed by atoms with van der Waals surface area (Å²) in [4.78, 5) is 24.6. The third kappa shape index (κ3) is 4.61. The van der Waals surface area contributed by atoms with Gasteiger partial charge in [0, 0.05) is 24.4 Å². The predicted octanol–water partition coefficient (Wildman–Crippen LogP) is 5.42. The van der Waals surface area contributed by atoms with Crippen LogP contribution in [0.4, 0.5) is 11.6 Å².